The summed E-state index contributed by atoms with van der Waals surface area (Å²) in [7, 11) is 1.55. The number of nitrogens with one attached hydrogen (secondary N) is 1. The number of nitrogens with zero attached hydrogens (tertiary/aromatic N) is 1. The molecule has 3 aromatic carbocycles. The van der Waals surface area contributed by atoms with Crippen molar-refractivity contribution in [3.05, 3.63) is 102 Å². The molecule has 2 aliphatic rings. The van der Waals surface area contributed by atoms with Crippen LogP contribution in [0.2, 0.25) is 5.02 Å². The number of ether oxygens (including phenoxy) is 2. The van der Waals surface area contributed by atoms with Gasteiger partial charge in [-0.2, -0.15) is 0 Å². The summed E-state index contributed by atoms with van der Waals surface area (Å²) >= 11 is 11.7. The minimum Gasteiger partial charge on any atom is -0.493 e. The molecule has 11 heteroatoms. The van der Waals surface area contributed by atoms with E-state index in [0.29, 0.717) is 33.8 Å². The quantitative estimate of drug-likeness (QED) is 0.251. The SMILES string of the molecule is COc1cc([C@H]2c3sc(=O)[nH]c3SC3C(=O)N(c4ccc(Br)cc4)C(=O)C32)ccc1OCc1ccc(Cl)cc1. The van der Waals surface area contributed by atoms with Crippen LogP contribution in [0.1, 0.15) is 21.9 Å². The van der Waals surface area contributed by atoms with Crippen LogP contribution in [-0.4, -0.2) is 29.2 Å². The highest BCUT2D eigenvalue weighted by Gasteiger charge is 2.56. The lowest BCUT2D eigenvalue weighted by Gasteiger charge is -2.30. The van der Waals surface area contributed by atoms with Gasteiger partial charge in [-0.1, -0.05) is 68.8 Å². The van der Waals surface area contributed by atoms with Gasteiger partial charge in [-0.25, -0.2) is 4.90 Å². The third-order valence-electron chi connectivity index (χ3n) is 6.76. The van der Waals surface area contributed by atoms with Crippen molar-refractivity contribution in [3.8, 4) is 11.5 Å². The lowest BCUT2D eigenvalue weighted by molar-refractivity contribution is -0.122. The maximum Gasteiger partial charge on any atom is 0.305 e. The molecular weight excluding hydrogens is 624 g/mol. The number of H-pyrrole nitrogens is 1. The molecular formula is C28H20BrClN2O5S2. The smallest absolute Gasteiger partial charge is 0.305 e. The Balaban J connectivity index is 1.37. The van der Waals surface area contributed by atoms with E-state index in [2.05, 4.69) is 20.9 Å². The fourth-order valence-electron chi connectivity index (χ4n) is 4.96. The van der Waals surface area contributed by atoms with Gasteiger partial charge in [0.15, 0.2) is 11.5 Å². The summed E-state index contributed by atoms with van der Waals surface area (Å²) in [5, 5.41) is 0.600. The molecule has 0 bridgehead atoms. The van der Waals surface area contributed by atoms with E-state index in [1.165, 1.54) is 16.7 Å². The fraction of sp³-hybridized carbons (Fsp3) is 0.179. The van der Waals surface area contributed by atoms with Crippen molar-refractivity contribution in [3.63, 3.8) is 0 Å². The van der Waals surface area contributed by atoms with Crippen molar-refractivity contribution in [2.24, 2.45) is 5.92 Å². The summed E-state index contributed by atoms with van der Waals surface area (Å²) in [6, 6.07) is 19.9. The minimum atomic E-state index is -0.685. The average molecular weight is 644 g/mol. The number of anilines is 1. The number of carbonyl (C=O) groups excluding carboxylic acids is 2. The van der Waals surface area contributed by atoms with Gasteiger partial charge in [0, 0.05) is 20.3 Å². The Morgan fingerprint density at radius 3 is 2.44 bits per heavy atom. The highest BCUT2D eigenvalue weighted by atomic mass is 79.9. The number of fused-ring (bicyclic) bond motifs is 2. The molecule has 2 aliphatic heterocycles. The van der Waals surface area contributed by atoms with E-state index in [0.717, 1.165) is 31.8 Å². The second-order valence-electron chi connectivity index (χ2n) is 9.06. The number of hydrogen-bond acceptors (Lipinski definition) is 7. The number of rotatable bonds is 6. The number of aromatic nitrogens is 1. The van der Waals surface area contributed by atoms with Crippen LogP contribution < -0.4 is 19.2 Å². The van der Waals surface area contributed by atoms with Crippen LogP contribution in [0.3, 0.4) is 0 Å². The molecule has 0 radical (unpaired) electrons. The molecule has 0 aliphatic carbocycles. The first-order valence-electron chi connectivity index (χ1n) is 11.9. The summed E-state index contributed by atoms with van der Waals surface area (Å²) in [6.07, 6.45) is 0. The molecule has 1 aromatic heterocycles. The van der Waals surface area contributed by atoms with E-state index >= 15 is 0 Å². The Labute approximate surface area is 245 Å². The molecule has 4 aromatic rings. The van der Waals surface area contributed by atoms with Crippen LogP contribution in [-0.2, 0) is 16.2 Å². The molecule has 2 unspecified atom stereocenters. The first-order valence-corrected chi connectivity index (χ1v) is 14.8. The summed E-state index contributed by atoms with van der Waals surface area (Å²) in [6.45, 7) is 0.316. The third-order valence-corrected chi connectivity index (χ3v) is 9.94. The van der Waals surface area contributed by atoms with Crippen molar-refractivity contribution < 1.29 is 19.1 Å². The Bertz CT molecular complexity index is 1640. The summed E-state index contributed by atoms with van der Waals surface area (Å²) in [5.41, 5.74) is 2.22. The lowest BCUT2D eigenvalue weighted by Crippen LogP contribution is -2.32. The van der Waals surface area contributed by atoms with Gasteiger partial charge in [0.2, 0.25) is 11.8 Å². The summed E-state index contributed by atoms with van der Waals surface area (Å²) in [5.74, 6) is -0.761. The van der Waals surface area contributed by atoms with Crippen molar-refractivity contribution in [2.45, 2.75) is 22.8 Å². The maximum atomic E-state index is 13.9. The number of aromatic amines is 1. The van der Waals surface area contributed by atoms with Crippen LogP contribution in [0.4, 0.5) is 5.69 Å². The molecule has 1 saturated heterocycles. The number of hydrogen-bond donors (Lipinski definition) is 1. The molecule has 7 nitrogen and oxygen atoms in total. The van der Waals surface area contributed by atoms with Gasteiger partial charge in [-0.05, 0) is 59.7 Å². The summed E-state index contributed by atoms with van der Waals surface area (Å²) < 4.78 is 12.5. The molecule has 3 atom stereocenters. The van der Waals surface area contributed by atoms with Crippen molar-refractivity contribution >= 4 is 68.1 Å². The normalized spacial score (nSPS) is 20.1. The van der Waals surface area contributed by atoms with Gasteiger partial charge >= 0.3 is 4.87 Å². The Hall–Kier alpha value is -3.05. The van der Waals surface area contributed by atoms with E-state index < -0.39 is 17.1 Å². The number of thiazole rings is 1. The van der Waals surface area contributed by atoms with Crippen LogP contribution in [0, 0.1) is 5.92 Å². The van der Waals surface area contributed by atoms with Crippen molar-refractivity contribution in [1.82, 2.24) is 4.98 Å². The maximum absolute atomic E-state index is 13.9. The van der Waals surface area contributed by atoms with E-state index in [4.69, 9.17) is 21.1 Å². The molecule has 39 heavy (non-hydrogen) atoms. The highest BCUT2D eigenvalue weighted by molar-refractivity contribution is 9.10. The monoisotopic (exact) mass is 642 g/mol. The zero-order valence-corrected chi connectivity index (χ0v) is 24.3. The van der Waals surface area contributed by atoms with E-state index in [9.17, 15) is 14.4 Å². The predicted molar refractivity (Wildman–Crippen MR) is 155 cm³/mol. The van der Waals surface area contributed by atoms with Gasteiger partial charge in [0.05, 0.1) is 23.7 Å². The van der Waals surface area contributed by atoms with Gasteiger partial charge in [0.25, 0.3) is 0 Å². The number of methoxy groups -OCH3 is 1. The zero-order valence-electron chi connectivity index (χ0n) is 20.4. The first-order chi connectivity index (χ1) is 18.8. The van der Waals surface area contributed by atoms with E-state index in [-0.39, 0.29) is 16.7 Å². The largest absolute Gasteiger partial charge is 0.493 e. The van der Waals surface area contributed by atoms with Crippen LogP contribution in [0.25, 0.3) is 0 Å². The van der Waals surface area contributed by atoms with E-state index in [1.54, 1.807) is 49.6 Å². The molecule has 3 heterocycles. The fourth-order valence-corrected chi connectivity index (χ4v) is 7.86. The van der Waals surface area contributed by atoms with Gasteiger partial charge in [-0.3, -0.25) is 14.4 Å². The molecule has 0 spiro atoms. The highest BCUT2D eigenvalue weighted by Crippen LogP contribution is 2.53. The minimum absolute atomic E-state index is 0.225. The molecule has 6 rings (SSSR count). The standard InChI is InChI=1S/C28H20BrClN2O5S2/c1-36-20-12-15(4-11-19(20)37-13-14-2-7-17(30)8-3-14)21-22-24(38-25-23(21)39-28(35)31-25)27(34)32(26(22)33)18-9-5-16(29)6-10-18/h2-12,21-22,24H,13H2,1H3,(H,31,35)/t21-,22?,24?/m1/s1. The van der Waals surface area contributed by atoms with Crippen molar-refractivity contribution in [1.29, 1.82) is 0 Å². The van der Waals surface area contributed by atoms with Crippen LogP contribution >= 0.6 is 50.6 Å². The Morgan fingerprint density at radius 2 is 1.72 bits per heavy atom. The summed E-state index contributed by atoms with van der Waals surface area (Å²) in [4.78, 5) is 44.4. The number of thioether (sulfide) groups is 1. The second kappa shape index (κ2) is 10.5. The Morgan fingerprint density at radius 1 is 0.974 bits per heavy atom. The molecule has 198 valence electrons. The lowest BCUT2D eigenvalue weighted by atomic mass is 9.83. The predicted octanol–water partition coefficient (Wildman–Crippen LogP) is 6.24. The van der Waals surface area contributed by atoms with Crippen LogP contribution in [0.15, 0.2) is 81.0 Å². The topological polar surface area (TPSA) is 88.7 Å². The average Bonchev–Trinajstić information content (AvgIpc) is 3.43. The second-order valence-corrected chi connectivity index (χ2v) is 12.6. The third kappa shape index (κ3) is 4.80. The number of carbonyl (C=O) groups is 2. The van der Waals surface area contributed by atoms with Gasteiger partial charge < -0.3 is 14.5 Å². The van der Waals surface area contributed by atoms with Gasteiger partial charge in [-0.15, -0.1) is 0 Å². The number of benzene rings is 3. The molecule has 1 fully saturated rings. The van der Waals surface area contributed by atoms with Crippen LogP contribution in [0.5, 0.6) is 11.5 Å². The Kier molecular flexibility index (Phi) is 7.05. The zero-order chi connectivity index (χ0) is 27.3. The molecule has 1 N–H and O–H groups in total. The number of amides is 2. The van der Waals surface area contributed by atoms with E-state index in [1.807, 2.05) is 24.3 Å². The molecule has 2 amide bonds. The first kappa shape index (κ1) is 26.2. The molecule has 0 saturated carbocycles. The van der Waals surface area contributed by atoms with Crippen molar-refractivity contribution in [2.75, 3.05) is 12.0 Å². The van der Waals surface area contributed by atoms with Gasteiger partial charge in [0.1, 0.15) is 11.9 Å². The number of imide groups is 1. The number of halogens is 2.